The Bertz CT molecular complexity index is 750. The molecule has 5 heteroatoms. The molecule has 0 amide bonds. The van der Waals surface area contributed by atoms with Gasteiger partial charge in [0.2, 0.25) is 0 Å². The molecule has 1 aliphatic heterocycles. The molecule has 24 heavy (non-hydrogen) atoms. The molecule has 130 valence electrons. The number of carbonyl (C=O) groups excluding carboxylic acids is 1. The van der Waals surface area contributed by atoms with Crippen LogP contribution in [-0.2, 0) is 16.8 Å². The molecule has 5 nitrogen and oxygen atoms in total. The Kier molecular flexibility index (Phi) is 4.38. The Morgan fingerprint density at radius 3 is 2.62 bits per heavy atom. The van der Waals surface area contributed by atoms with E-state index >= 15 is 0 Å². The summed E-state index contributed by atoms with van der Waals surface area (Å²) in [6.45, 7) is 11.3. The van der Waals surface area contributed by atoms with Crippen molar-refractivity contribution in [3.8, 4) is 0 Å². The molecule has 0 atom stereocenters. The Balaban J connectivity index is 1.89. The first kappa shape index (κ1) is 17.0. The van der Waals surface area contributed by atoms with Crippen LogP contribution < -0.4 is 10.0 Å². The molecule has 3 rings (SSSR count). The topological polar surface area (TPSA) is 61.9 Å². The lowest BCUT2D eigenvalue weighted by atomic mass is 9.90. The highest BCUT2D eigenvalue weighted by Crippen LogP contribution is 2.26. The second-order valence-corrected chi connectivity index (χ2v) is 8.11. The number of nitrogens with zero attached hydrogens (tertiary/aromatic N) is 2. The Hall–Kier alpha value is -1.88. The van der Waals surface area contributed by atoms with Gasteiger partial charge in [-0.2, -0.15) is 0 Å². The second-order valence-electron chi connectivity index (χ2n) is 8.11. The van der Waals surface area contributed by atoms with Crippen molar-refractivity contribution >= 4 is 11.6 Å². The molecule has 1 saturated heterocycles. The minimum absolute atomic E-state index is 0.0159. The number of hydrogen-bond acceptors (Lipinski definition) is 3. The molecule has 2 aromatic heterocycles. The van der Waals surface area contributed by atoms with Gasteiger partial charge < -0.3 is 14.8 Å². The number of pyridine rings is 1. The molecule has 0 saturated carbocycles. The highest BCUT2D eigenvalue weighted by atomic mass is 16.4. The first-order valence-electron chi connectivity index (χ1n) is 8.78. The molecular formula is C19H27N3O2. The summed E-state index contributed by atoms with van der Waals surface area (Å²) < 4.78 is 2.20. The number of carboxylic acids is 1. The van der Waals surface area contributed by atoms with E-state index in [0.29, 0.717) is 12.8 Å². The molecule has 2 aromatic rings. The third-order valence-corrected chi connectivity index (χ3v) is 5.03. The molecule has 3 heterocycles. The van der Waals surface area contributed by atoms with E-state index in [-0.39, 0.29) is 11.3 Å². The van der Waals surface area contributed by atoms with Gasteiger partial charge in [0, 0.05) is 36.3 Å². The first-order chi connectivity index (χ1) is 11.3. The third-order valence-electron chi connectivity index (χ3n) is 5.03. The predicted molar refractivity (Wildman–Crippen MR) is 90.8 cm³/mol. The summed E-state index contributed by atoms with van der Waals surface area (Å²) >= 11 is 0. The number of fused-ring (bicyclic) bond motifs is 1. The largest absolute Gasteiger partial charge is 0.550 e. The van der Waals surface area contributed by atoms with Crippen molar-refractivity contribution in [2.24, 2.45) is 5.92 Å². The minimum atomic E-state index is -0.894. The molecule has 1 aliphatic rings. The maximum Gasteiger partial charge on any atom is 0.137 e. The number of rotatable bonds is 3. The van der Waals surface area contributed by atoms with Gasteiger partial charge in [-0.25, -0.2) is 4.98 Å². The van der Waals surface area contributed by atoms with Crippen LogP contribution in [0.1, 0.15) is 50.6 Å². The first-order valence-corrected chi connectivity index (χ1v) is 8.78. The summed E-state index contributed by atoms with van der Waals surface area (Å²) in [7, 11) is 0. The number of carboxylic acid groups (broad SMARTS) is 1. The van der Waals surface area contributed by atoms with Crippen LogP contribution in [0.4, 0.5) is 0 Å². The van der Waals surface area contributed by atoms with Crippen LogP contribution in [0, 0.1) is 12.8 Å². The summed E-state index contributed by atoms with van der Waals surface area (Å²) in [5.41, 5.74) is 4.58. The number of aliphatic carboxylic acids is 1. The lowest BCUT2D eigenvalue weighted by Crippen LogP contribution is -3.12. The quantitative estimate of drug-likeness (QED) is 0.891. The van der Waals surface area contributed by atoms with Crippen LogP contribution in [0.2, 0.25) is 0 Å². The number of piperidine rings is 1. The van der Waals surface area contributed by atoms with Crippen LogP contribution in [0.3, 0.4) is 0 Å². The average Bonchev–Trinajstić information content (AvgIpc) is 2.85. The molecule has 0 aromatic carbocycles. The van der Waals surface area contributed by atoms with E-state index < -0.39 is 5.97 Å². The van der Waals surface area contributed by atoms with Crippen LogP contribution in [0.25, 0.3) is 5.65 Å². The van der Waals surface area contributed by atoms with Crippen molar-refractivity contribution in [1.82, 2.24) is 9.38 Å². The lowest BCUT2D eigenvalue weighted by Gasteiger charge is -2.30. The highest BCUT2D eigenvalue weighted by Gasteiger charge is 2.29. The highest BCUT2D eigenvalue weighted by molar-refractivity contribution is 5.67. The zero-order valence-electron chi connectivity index (χ0n) is 15.1. The zero-order valence-corrected chi connectivity index (χ0v) is 15.1. The van der Waals surface area contributed by atoms with Gasteiger partial charge in [-0.1, -0.05) is 20.8 Å². The maximum absolute atomic E-state index is 11.0. The number of nitrogens with one attached hydrogen (secondary N) is 1. The van der Waals surface area contributed by atoms with Crippen LogP contribution in [-0.4, -0.2) is 28.4 Å². The van der Waals surface area contributed by atoms with E-state index in [1.54, 1.807) is 0 Å². The molecule has 0 bridgehead atoms. The smallest absolute Gasteiger partial charge is 0.137 e. The number of aromatic nitrogens is 2. The van der Waals surface area contributed by atoms with Crippen LogP contribution in [0.15, 0.2) is 18.3 Å². The van der Waals surface area contributed by atoms with E-state index in [9.17, 15) is 9.90 Å². The number of hydrogen-bond donors (Lipinski definition) is 1. The standard InChI is InChI=1S/C19H27N3O2/c1-13-5-10-22-15(17(19(2,3)4)20-16(22)11-13)12-21-8-6-14(7-9-21)18(23)24/h5,10-11,14H,6-9,12H2,1-4H3,(H,23,24). The van der Waals surface area contributed by atoms with Gasteiger partial charge in [-0.15, -0.1) is 0 Å². The summed E-state index contributed by atoms with van der Waals surface area (Å²) in [5.74, 6) is -1.17. The van der Waals surface area contributed by atoms with Crippen molar-refractivity contribution in [2.75, 3.05) is 13.1 Å². The number of carbonyl (C=O) groups is 1. The average molecular weight is 329 g/mol. The Morgan fingerprint density at radius 2 is 2.04 bits per heavy atom. The molecule has 0 radical (unpaired) electrons. The Morgan fingerprint density at radius 1 is 1.38 bits per heavy atom. The van der Waals surface area contributed by atoms with Crippen LogP contribution in [0.5, 0.6) is 0 Å². The number of aryl methyl sites for hydroxylation is 1. The molecule has 0 unspecified atom stereocenters. The van der Waals surface area contributed by atoms with Gasteiger partial charge in [0.1, 0.15) is 17.9 Å². The molecule has 1 N–H and O–H groups in total. The van der Waals surface area contributed by atoms with Crippen molar-refractivity contribution < 1.29 is 14.8 Å². The van der Waals surface area contributed by atoms with Gasteiger partial charge in [-0.05, 0) is 24.6 Å². The molecule has 0 spiro atoms. The SMILES string of the molecule is Cc1ccn2c(C[NH+]3CCC(C(=O)[O-])CC3)c(C(C)(C)C)nc2c1. The molecule has 1 fully saturated rings. The number of quaternary nitrogens is 1. The molecular weight excluding hydrogens is 302 g/mol. The summed E-state index contributed by atoms with van der Waals surface area (Å²) in [4.78, 5) is 17.4. The van der Waals surface area contributed by atoms with Crippen molar-refractivity contribution in [3.63, 3.8) is 0 Å². The number of imidazole rings is 1. The fraction of sp³-hybridized carbons (Fsp3) is 0.579. The summed E-state index contributed by atoms with van der Waals surface area (Å²) in [5, 5.41) is 11.0. The van der Waals surface area contributed by atoms with Crippen LogP contribution >= 0.6 is 0 Å². The van der Waals surface area contributed by atoms with Gasteiger partial charge in [-0.3, -0.25) is 4.40 Å². The minimum Gasteiger partial charge on any atom is -0.550 e. The van der Waals surface area contributed by atoms with E-state index in [2.05, 4.69) is 50.4 Å². The normalized spacial score (nSPS) is 22.0. The Labute approximate surface area is 143 Å². The number of likely N-dealkylation sites (tertiary alicyclic amines) is 1. The summed E-state index contributed by atoms with van der Waals surface area (Å²) in [6.07, 6.45) is 3.52. The van der Waals surface area contributed by atoms with E-state index in [4.69, 9.17) is 4.98 Å². The van der Waals surface area contributed by atoms with Gasteiger partial charge in [0.05, 0.1) is 18.8 Å². The van der Waals surface area contributed by atoms with E-state index in [1.807, 2.05) is 0 Å². The third kappa shape index (κ3) is 3.31. The maximum atomic E-state index is 11.0. The van der Waals surface area contributed by atoms with Crippen molar-refractivity contribution in [1.29, 1.82) is 0 Å². The second kappa shape index (κ2) is 6.20. The van der Waals surface area contributed by atoms with Gasteiger partial charge >= 0.3 is 0 Å². The zero-order chi connectivity index (χ0) is 17.5. The van der Waals surface area contributed by atoms with Gasteiger partial charge in [0.15, 0.2) is 0 Å². The van der Waals surface area contributed by atoms with E-state index in [1.165, 1.54) is 16.2 Å². The predicted octanol–water partition coefficient (Wildman–Crippen LogP) is 0.485. The van der Waals surface area contributed by atoms with Crippen molar-refractivity contribution in [3.05, 3.63) is 35.3 Å². The molecule has 0 aliphatic carbocycles. The fourth-order valence-electron chi connectivity index (χ4n) is 3.64. The summed E-state index contributed by atoms with van der Waals surface area (Å²) in [6, 6.07) is 4.23. The fourth-order valence-corrected chi connectivity index (χ4v) is 3.64. The lowest BCUT2D eigenvalue weighted by molar-refractivity contribution is -0.919. The van der Waals surface area contributed by atoms with Crippen molar-refractivity contribution in [2.45, 2.75) is 52.5 Å². The monoisotopic (exact) mass is 329 g/mol. The van der Waals surface area contributed by atoms with Gasteiger partial charge in [0.25, 0.3) is 0 Å². The van der Waals surface area contributed by atoms with E-state index in [0.717, 1.165) is 31.0 Å².